The van der Waals surface area contributed by atoms with E-state index in [1.54, 1.807) is 4.72 Å². The predicted octanol–water partition coefficient (Wildman–Crippen LogP) is -1.60. The second kappa shape index (κ2) is 6.31. The lowest BCUT2D eigenvalue weighted by Gasteiger charge is -2.16. The van der Waals surface area contributed by atoms with Crippen LogP contribution in [0.3, 0.4) is 0 Å². The molecule has 0 spiro atoms. The molecule has 1 unspecified atom stereocenters. The third-order valence-electron chi connectivity index (χ3n) is 1.98. The predicted molar refractivity (Wildman–Crippen MR) is 57.2 cm³/mol. The fraction of sp³-hybridized carbons (Fsp3) is 0.625. The first-order chi connectivity index (χ1) is 8.11. The zero-order chi connectivity index (χ0) is 14.5. The maximum Gasteiger partial charge on any atom is 0.325 e. The second-order valence-electron chi connectivity index (χ2n) is 3.32. The van der Waals surface area contributed by atoms with Gasteiger partial charge in [0.25, 0.3) is 0 Å². The molecule has 104 valence electrons. The third kappa shape index (κ3) is 4.67. The van der Waals surface area contributed by atoms with Gasteiger partial charge in [0, 0.05) is 0 Å². The Labute approximate surface area is 103 Å². The monoisotopic (exact) mass is 283 g/mol. The van der Waals surface area contributed by atoms with Crippen LogP contribution in [-0.2, 0) is 29.1 Å². The van der Waals surface area contributed by atoms with E-state index >= 15 is 0 Å². The van der Waals surface area contributed by atoms with Gasteiger partial charge in [-0.1, -0.05) is 0 Å². The Hall–Kier alpha value is -1.68. The average molecular weight is 283 g/mol. The number of carbonyl (C=O) groups excluding carboxylic acids is 1. The number of methoxy groups -OCH3 is 1. The van der Waals surface area contributed by atoms with E-state index in [0.717, 1.165) is 14.0 Å². The molecule has 0 saturated heterocycles. The lowest BCUT2D eigenvalue weighted by atomic mass is 10.2. The van der Waals surface area contributed by atoms with Gasteiger partial charge in [0.05, 0.1) is 13.5 Å². The minimum atomic E-state index is -4.33. The zero-order valence-corrected chi connectivity index (χ0v) is 10.4. The maximum atomic E-state index is 11.6. The third-order valence-corrected chi connectivity index (χ3v) is 3.72. The van der Waals surface area contributed by atoms with E-state index < -0.39 is 45.6 Å². The summed E-state index contributed by atoms with van der Waals surface area (Å²) in [7, 11) is -3.36. The number of hydrogen-bond acceptors (Lipinski definition) is 6. The summed E-state index contributed by atoms with van der Waals surface area (Å²) in [4.78, 5) is 32.1. The lowest BCUT2D eigenvalue weighted by Crippen LogP contribution is -2.47. The van der Waals surface area contributed by atoms with Crippen molar-refractivity contribution in [1.29, 1.82) is 0 Å². The number of carbonyl (C=O) groups is 3. The van der Waals surface area contributed by atoms with Crippen LogP contribution in [0, 0.1) is 0 Å². The molecule has 3 N–H and O–H groups in total. The molecule has 10 heteroatoms. The van der Waals surface area contributed by atoms with Crippen molar-refractivity contribution >= 4 is 27.9 Å². The molecule has 0 rings (SSSR count). The molecular formula is C8H13NO8S. The molecule has 0 amide bonds. The summed E-state index contributed by atoms with van der Waals surface area (Å²) in [5.74, 6) is -4.23. The summed E-state index contributed by atoms with van der Waals surface area (Å²) in [6, 6.07) is -1.85. The molecule has 0 aromatic carbocycles. The van der Waals surface area contributed by atoms with Gasteiger partial charge in [-0.2, -0.15) is 4.72 Å². The van der Waals surface area contributed by atoms with Gasteiger partial charge in [-0.3, -0.25) is 14.4 Å². The number of carboxylic acid groups (broad SMARTS) is 2. The molecule has 0 saturated carbocycles. The Kier molecular flexibility index (Phi) is 5.72. The van der Waals surface area contributed by atoms with Crippen molar-refractivity contribution in [2.45, 2.75) is 24.6 Å². The van der Waals surface area contributed by atoms with Crippen LogP contribution >= 0.6 is 0 Å². The Morgan fingerprint density at radius 3 is 2.11 bits per heavy atom. The van der Waals surface area contributed by atoms with E-state index in [-0.39, 0.29) is 0 Å². The molecule has 18 heavy (non-hydrogen) atoms. The lowest BCUT2D eigenvalue weighted by molar-refractivity contribution is -0.145. The average Bonchev–Trinajstić information content (AvgIpc) is 2.24. The topological polar surface area (TPSA) is 147 Å². The SMILES string of the molecule is COC(=O)C(C)S(=O)(=O)N[C@H](CC(=O)O)C(=O)O. The first-order valence-corrected chi connectivity index (χ1v) is 6.20. The summed E-state index contributed by atoms with van der Waals surface area (Å²) in [6.45, 7) is 0.994. The Morgan fingerprint density at radius 1 is 1.28 bits per heavy atom. The molecule has 0 aliphatic rings. The van der Waals surface area contributed by atoms with E-state index in [4.69, 9.17) is 10.2 Å². The smallest absolute Gasteiger partial charge is 0.325 e. The number of aliphatic carboxylic acids is 2. The highest BCUT2D eigenvalue weighted by Crippen LogP contribution is 2.04. The van der Waals surface area contributed by atoms with Crippen molar-refractivity contribution < 1.29 is 37.8 Å². The highest BCUT2D eigenvalue weighted by Gasteiger charge is 2.34. The van der Waals surface area contributed by atoms with Gasteiger partial charge in [0.2, 0.25) is 10.0 Å². The van der Waals surface area contributed by atoms with Crippen molar-refractivity contribution in [2.75, 3.05) is 7.11 Å². The zero-order valence-electron chi connectivity index (χ0n) is 9.61. The van der Waals surface area contributed by atoms with E-state index in [0.29, 0.717) is 0 Å². The minimum absolute atomic E-state index is 0.942. The van der Waals surface area contributed by atoms with Gasteiger partial charge >= 0.3 is 17.9 Å². The standard InChI is InChI=1S/C8H13NO8S/c1-4(8(14)17-2)18(15,16)9-5(7(12)13)3-6(10)11/h4-5,9H,3H2,1-2H3,(H,10,11)(H,12,13)/t4?,5-/m1/s1. The van der Waals surface area contributed by atoms with Crippen molar-refractivity contribution in [2.24, 2.45) is 0 Å². The Bertz CT molecular complexity index is 442. The summed E-state index contributed by atoms with van der Waals surface area (Å²) in [5.41, 5.74) is 0. The van der Waals surface area contributed by atoms with Crippen LogP contribution in [0.25, 0.3) is 0 Å². The molecule has 0 fully saturated rings. The van der Waals surface area contributed by atoms with Gasteiger partial charge < -0.3 is 14.9 Å². The number of sulfonamides is 1. The van der Waals surface area contributed by atoms with Crippen LogP contribution in [0.1, 0.15) is 13.3 Å². The van der Waals surface area contributed by atoms with Crippen LogP contribution in [0.15, 0.2) is 0 Å². The van der Waals surface area contributed by atoms with Crippen LogP contribution in [0.2, 0.25) is 0 Å². The van der Waals surface area contributed by atoms with Gasteiger partial charge in [-0.25, -0.2) is 8.42 Å². The molecule has 0 aromatic rings. The molecule has 0 heterocycles. The molecule has 0 radical (unpaired) electrons. The normalized spacial score (nSPS) is 14.6. The molecule has 0 aliphatic carbocycles. The van der Waals surface area contributed by atoms with Crippen molar-refractivity contribution in [3.63, 3.8) is 0 Å². The summed E-state index contributed by atoms with van der Waals surface area (Å²) in [5, 5.41) is 15.4. The fourth-order valence-corrected chi connectivity index (χ4v) is 2.08. The van der Waals surface area contributed by atoms with E-state index in [1.165, 1.54) is 0 Å². The summed E-state index contributed by atoms with van der Waals surface area (Å²) < 4.78 is 28.9. The molecule has 0 aromatic heterocycles. The van der Waals surface area contributed by atoms with Gasteiger partial charge in [-0.15, -0.1) is 0 Å². The Morgan fingerprint density at radius 2 is 1.78 bits per heavy atom. The molecule has 0 aliphatic heterocycles. The first kappa shape index (κ1) is 16.3. The van der Waals surface area contributed by atoms with Gasteiger partial charge in [0.1, 0.15) is 6.04 Å². The summed E-state index contributed by atoms with van der Waals surface area (Å²) >= 11 is 0. The Balaban J connectivity index is 4.97. The molecule has 0 bridgehead atoms. The van der Waals surface area contributed by atoms with E-state index in [2.05, 4.69) is 4.74 Å². The number of nitrogens with one attached hydrogen (secondary N) is 1. The molecule has 2 atom stereocenters. The van der Waals surface area contributed by atoms with Crippen LogP contribution in [0.4, 0.5) is 0 Å². The number of rotatable bonds is 7. The van der Waals surface area contributed by atoms with Crippen LogP contribution in [0.5, 0.6) is 0 Å². The molecule has 9 nitrogen and oxygen atoms in total. The summed E-state index contributed by atoms with van der Waals surface area (Å²) in [6.07, 6.45) is -0.942. The minimum Gasteiger partial charge on any atom is -0.481 e. The van der Waals surface area contributed by atoms with Gasteiger partial charge in [-0.05, 0) is 6.92 Å². The fourth-order valence-electron chi connectivity index (χ4n) is 0.947. The number of hydrogen-bond donors (Lipinski definition) is 3. The second-order valence-corrected chi connectivity index (χ2v) is 5.35. The number of esters is 1. The molecular weight excluding hydrogens is 270 g/mol. The van der Waals surface area contributed by atoms with E-state index in [9.17, 15) is 22.8 Å². The van der Waals surface area contributed by atoms with E-state index in [1.807, 2.05) is 0 Å². The van der Waals surface area contributed by atoms with Crippen LogP contribution in [-0.4, -0.2) is 54.9 Å². The van der Waals surface area contributed by atoms with Crippen molar-refractivity contribution in [3.8, 4) is 0 Å². The highest BCUT2D eigenvalue weighted by molar-refractivity contribution is 7.90. The largest absolute Gasteiger partial charge is 0.481 e. The van der Waals surface area contributed by atoms with Crippen LogP contribution < -0.4 is 4.72 Å². The number of carboxylic acids is 2. The maximum absolute atomic E-state index is 11.6. The quantitative estimate of drug-likeness (QED) is 0.473. The van der Waals surface area contributed by atoms with Gasteiger partial charge in [0.15, 0.2) is 5.25 Å². The first-order valence-electron chi connectivity index (χ1n) is 4.65. The number of ether oxygens (including phenoxy) is 1. The highest BCUT2D eigenvalue weighted by atomic mass is 32.2. The van der Waals surface area contributed by atoms with Crippen molar-refractivity contribution in [3.05, 3.63) is 0 Å². The van der Waals surface area contributed by atoms with Crippen molar-refractivity contribution in [1.82, 2.24) is 4.72 Å².